The molecule has 0 aliphatic carbocycles. The number of rotatable bonds is 9. The summed E-state index contributed by atoms with van der Waals surface area (Å²) in [4.78, 5) is 15.6. The number of ether oxygens (including phenoxy) is 1. The second-order valence-electron chi connectivity index (χ2n) is 7.10. The quantitative estimate of drug-likeness (QED) is 0.361. The summed E-state index contributed by atoms with van der Waals surface area (Å²) in [6.07, 6.45) is 14.4. The van der Waals surface area contributed by atoms with Crippen LogP contribution in [0.4, 0.5) is 0 Å². The molecule has 0 saturated carbocycles. The van der Waals surface area contributed by atoms with E-state index in [4.69, 9.17) is 4.74 Å². The molecular formula is C21H36N2O2. The summed E-state index contributed by atoms with van der Waals surface area (Å²) in [7, 11) is 1.76. The zero-order chi connectivity index (χ0) is 18.5. The summed E-state index contributed by atoms with van der Waals surface area (Å²) >= 11 is 0. The molecule has 0 bridgehead atoms. The monoisotopic (exact) mass is 348 g/mol. The molecule has 0 aromatic carbocycles. The maximum atomic E-state index is 11.3. The number of amides is 1. The SMILES string of the molecule is COCCCCN1C/C=C(/C)CC/C=C\C(CN(C=O)C(C)C)=C/C1. The van der Waals surface area contributed by atoms with E-state index in [0.717, 1.165) is 58.3 Å². The fraction of sp³-hybridized carbons (Fsp3) is 0.667. The predicted molar refractivity (Wildman–Crippen MR) is 106 cm³/mol. The molecule has 0 atom stereocenters. The molecule has 0 saturated heterocycles. The van der Waals surface area contributed by atoms with E-state index in [9.17, 15) is 4.79 Å². The van der Waals surface area contributed by atoms with Gasteiger partial charge in [0.05, 0.1) is 0 Å². The van der Waals surface area contributed by atoms with Crippen molar-refractivity contribution in [1.29, 1.82) is 0 Å². The Morgan fingerprint density at radius 3 is 2.72 bits per heavy atom. The number of methoxy groups -OCH3 is 1. The Labute approximate surface area is 154 Å². The normalized spacial score (nSPS) is 22.4. The van der Waals surface area contributed by atoms with Gasteiger partial charge in [-0.3, -0.25) is 9.69 Å². The van der Waals surface area contributed by atoms with Crippen LogP contribution in [-0.4, -0.2) is 62.1 Å². The van der Waals surface area contributed by atoms with Gasteiger partial charge in [0, 0.05) is 39.4 Å². The fourth-order valence-electron chi connectivity index (χ4n) is 2.76. The van der Waals surface area contributed by atoms with Crippen LogP contribution >= 0.6 is 0 Å². The molecule has 4 nitrogen and oxygen atoms in total. The van der Waals surface area contributed by atoms with Crippen molar-refractivity contribution in [2.24, 2.45) is 0 Å². The van der Waals surface area contributed by atoms with Gasteiger partial charge in [-0.15, -0.1) is 0 Å². The van der Waals surface area contributed by atoms with E-state index in [1.54, 1.807) is 7.11 Å². The van der Waals surface area contributed by atoms with Crippen LogP contribution < -0.4 is 0 Å². The summed E-state index contributed by atoms with van der Waals surface area (Å²) < 4.78 is 5.15. The summed E-state index contributed by atoms with van der Waals surface area (Å²) in [6.45, 7) is 10.8. The van der Waals surface area contributed by atoms with E-state index in [1.807, 2.05) is 4.90 Å². The number of allylic oxidation sites excluding steroid dienone is 2. The summed E-state index contributed by atoms with van der Waals surface area (Å²) in [5.41, 5.74) is 2.67. The first kappa shape index (κ1) is 21.7. The van der Waals surface area contributed by atoms with E-state index in [0.29, 0.717) is 6.54 Å². The van der Waals surface area contributed by atoms with Crippen LogP contribution in [0, 0.1) is 0 Å². The molecule has 1 heterocycles. The molecule has 0 unspecified atom stereocenters. The number of hydrogen-bond acceptors (Lipinski definition) is 3. The van der Waals surface area contributed by atoms with Gasteiger partial charge in [0.2, 0.25) is 6.41 Å². The fourth-order valence-corrected chi connectivity index (χ4v) is 2.76. The molecule has 25 heavy (non-hydrogen) atoms. The summed E-state index contributed by atoms with van der Waals surface area (Å²) in [6, 6.07) is 0.221. The van der Waals surface area contributed by atoms with Crippen LogP contribution in [0.2, 0.25) is 0 Å². The van der Waals surface area contributed by atoms with Crippen LogP contribution in [0.25, 0.3) is 0 Å². The number of hydrogen-bond donors (Lipinski definition) is 0. The standard InChI is InChI=1S/C21H36N2O2/c1-19(2)23(18-24)17-21-10-6-5-9-20(3)11-14-22(15-12-21)13-7-8-16-25-4/h6,10-12,18-19H,5,7-9,13-17H2,1-4H3/b10-6-,20-11-,21-12+. The molecule has 4 heteroatoms. The minimum atomic E-state index is 0.221. The lowest BCUT2D eigenvalue weighted by Gasteiger charge is -2.23. The second kappa shape index (κ2) is 12.9. The Morgan fingerprint density at radius 1 is 1.28 bits per heavy atom. The lowest BCUT2D eigenvalue weighted by Crippen LogP contribution is -2.31. The summed E-state index contributed by atoms with van der Waals surface area (Å²) in [5.74, 6) is 0. The smallest absolute Gasteiger partial charge is 0.210 e. The van der Waals surface area contributed by atoms with Gasteiger partial charge in [-0.25, -0.2) is 0 Å². The van der Waals surface area contributed by atoms with E-state index in [2.05, 4.69) is 50.0 Å². The van der Waals surface area contributed by atoms with Crippen molar-refractivity contribution >= 4 is 6.41 Å². The lowest BCUT2D eigenvalue weighted by atomic mass is 10.1. The van der Waals surface area contributed by atoms with Gasteiger partial charge in [-0.05, 0) is 58.6 Å². The van der Waals surface area contributed by atoms with E-state index in [-0.39, 0.29) is 6.04 Å². The zero-order valence-corrected chi connectivity index (χ0v) is 16.5. The van der Waals surface area contributed by atoms with Crippen LogP contribution in [0.1, 0.15) is 46.5 Å². The molecule has 1 aliphatic rings. The number of nitrogens with zero attached hydrogens (tertiary/aromatic N) is 2. The molecule has 1 rings (SSSR count). The third-order valence-corrected chi connectivity index (χ3v) is 4.58. The van der Waals surface area contributed by atoms with Crippen molar-refractivity contribution in [3.8, 4) is 0 Å². The molecule has 1 aliphatic heterocycles. The summed E-state index contributed by atoms with van der Waals surface area (Å²) in [5, 5.41) is 0. The van der Waals surface area contributed by atoms with Gasteiger partial charge in [-0.1, -0.05) is 29.9 Å². The Hall–Kier alpha value is -1.39. The van der Waals surface area contributed by atoms with Crippen LogP contribution in [0.5, 0.6) is 0 Å². The molecule has 1 amide bonds. The number of carbonyl (C=O) groups is 1. The highest BCUT2D eigenvalue weighted by Crippen LogP contribution is 2.11. The molecule has 142 valence electrons. The van der Waals surface area contributed by atoms with Crippen molar-refractivity contribution < 1.29 is 9.53 Å². The molecular weight excluding hydrogens is 312 g/mol. The average Bonchev–Trinajstić information content (AvgIpc) is 2.63. The first-order valence-corrected chi connectivity index (χ1v) is 9.50. The van der Waals surface area contributed by atoms with E-state index >= 15 is 0 Å². The van der Waals surface area contributed by atoms with Crippen molar-refractivity contribution in [2.45, 2.75) is 52.5 Å². The molecule has 0 aromatic heterocycles. The first-order valence-electron chi connectivity index (χ1n) is 9.50. The maximum Gasteiger partial charge on any atom is 0.210 e. The third kappa shape index (κ3) is 9.61. The Balaban J connectivity index is 2.77. The molecule has 0 spiro atoms. The highest BCUT2D eigenvalue weighted by Gasteiger charge is 2.09. The topological polar surface area (TPSA) is 32.8 Å². The van der Waals surface area contributed by atoms with Crippen molar-refractivity contribution in [3.63, 3.8) is 0 Å². The average molecular weight is 349 g/mol. The van der Waals surface area contributed by atoms with Crippen molar-refractivity contribution in [3.05, 3.63) is 35.5 Å². The third-order valence-electron chi connectivity index (χ3n) is 4.58. The van der Waals surface area contributed by atoms with Gasteiger partial charge < -0.3 is 9.64 Å². The Bertz CT molecular complexity index is 467. The first-order chi connectivity index (χ1) is 12.1. The van der Waals surface area contributed by atoms with Crippen molar-refractivity contribution in [2.75, 3.05) is 39.9 Å². The molecule has 0 aromatic rings. The maximum absolute atomic E-state index is 11.3. The molecule has 0 fully saturated rings. The zero-order valence-electron chi connectivity index (χ0n) is 16.5. The minimum absolute atomic E-state index is 0.221. The highest BCUT2D eigenvalue weighted by molar-refractivity contribution is 5.49. The van der Waals surface area contributed by atoms with E-state index in [1.165, 1.54) is 11.1 Å². The van der Waals surface area contributed by atoms with Crippen molar-refractivity contribution in [1.82, 2.24) is 9.80 Å². The van der Waals surface area contributed by atoms with Gasteiger partial charge >= 0.3 is 0 Å². The van der Waals surface area contributed by atoms with Crippen LogP contribution in [0.15, 0.2) is 35.5 Å². The Morgan fingerprint density at radius 2 is 2.04 bits per heavy atom. The van der Waals surface area contributed by atoms with Crippen LogP contribution in [-0.2, 0) is 9.53 Å². The number of unbranched alkanes of at least 4 members (excludes halogenated alkanes) is 1. The lowest BCUT2D eigenvalue weighted by molar-refractivity contribution is -0.119. The molecule has 0 radical (unpaired) electrons. The van der Waals surface area contributed by atoms with Gasteiger partial charge in [0.1, 0.15) is 0 Å². The Kier molecular flexibility index (Phi) is 11.2. The van der Waals surface area contributed by atoms with Gasteiger partial charge in [0.25, 0.3) is 0 Å². The predicted octanol–water partition coefficient (Wildman–Crippen LogP) is 3.80. The highest BCUT2D eigenvalue weighted by atomic mass is 16.5. The second-order valence-corrected chi connectivity index (χ2v) is 7.10. The minimum Gasteiger partial charge on any atom is -0.385 e. The number of carbonyl (C=O) groups excluding carboxylic acids is 1. The van der Waals surface area contributed by atoms with Crippen LogP contribution in [0.3, 0.4) is 0 Å². The van der Waals surface area contributed by atoms with Gasteiger partial charge in [0.15, 0.2) is 0 Å². The van der Waals surface area contributed by atoms with Gasteiger partial charge in [-0.2, -0.15) is 0 Å². The largest absolute Gasteiger partial charge is 0.385 e. The van der Waals surface area contributed by atoms with E-state index < -0.39 is 0 Å². The molecule has 0 N–H and O–H groups in total.